The molecule has 25 heavy (non-hydrogen) atoms. The van der Waals surface area contributed by atoms with Crippen molar-refractivity contribution in [1.29, 1.82) is 0 Å². The van der Waals surface area contributed by atoms with E-state index in [2.05, 4.69) is 5.32 Å². The molecule has 2 amide bonds. The van der Waals surface area contributed by atoms with E-state index in [0.29, 0.717) is 12.1 Å². The van der Waals surface area contributed by atoms with Crippen molar-refractivity contribution >= 4 is 17.5 Å². The van der Waals surface area contributed by atoms with E-state index in [0.717, 1.165) is 11.3 Å². The molecule has 0 aromatic heterocycles. The first-order valence-electron chi connectivity index (χ1n) is 7.91. The van der Waals surface area contributed by atoms with Crippen molar-refractivity contribution in [3.8, 4) is 0 Å². The van der Waals surface area contributed by atoms with E-state index in [9.17, 15) is 14.0 Å². The van der Waals surface area contributed by atoms with E-state index in [-0.39, 0.29) is 12.5 Å². The number of nitrogens with zero attached hydrogens (tertiary/aromatic N) is 2. The molecule has 2 aromatic rings. The van der Waals surface area contributed by atoms with Crippen LogP contribution in [0, 0.1) is 5.82 Å². The van der Waals surface area contributed by atoms with Crippen LogP contribution >= 0.6 is 0 Å². The number of carbonyl (C=O) groups is 2. The molecule has 0 saturated carbocycles. The Morgan fingerprint density at radius 1 is 0.960 bits per heavy atom. The highest BCUT2D eigenvalue weighted by molar-refractivity contribution is 5.96. The topological polar surface area (TPSA) is 52.6 Å². The number of rotatable bonds is 6. The first-order chi connectivity index (χ1) is 11.9. The van der Waals surface area contributed by atoms with Crippen LogP contribution < -0.4 is 10.2 Å². The van der Waals surface area contributed by atoms with Gasteiger partial charge in [0.15, 0.2) is 0 Å². The van der Waals surface area contributed by atoms with Gasteiger partial charge in [0.25, 0.3) is 5.91 Å². The van der Waals surface area contributed by atoms with Gasteiger partial charge >= 0.3 is 0 Å². The molecule has 0 unspecified atom stereocenters. The molecule has 0 aliphatic carbocycles. The molecular formula is C19H22FN3O2. The summed E-state index contributed by atoms with van der Waals surface area (Å²) in [5.74, 6) is -1.02. The van der Waals surface area contributed by atoms with Gasteiger partial charge < -0.3 is 15.1 Å². The van der Waals surface area contributed by atoms with Crippen molar-refractivity contribution in [2.75, 3.05) is 32.6 Å². The molecule has 0 aliphatic rings. The minimum absolute atomic E-state index is 0.109. The summed E-state index contributed by atoms with van der Waals surface area (Å²) in [5, 5.41) is 2.55. The van der Waals surface area contributed by atoms with Gasteiger partial charge in [-0.3, -0.25) is 9.59 Å². The van der Waals surface area contributed by atoms with Gasteiger partial charge in [-0.25, -0.2) is 4.39 Å². The summed E-state index contributed by atoms with van der Waals surface area (Å²) in [4.78, 5) is 27.6. The second-order valence-electron chi connectivity index (χ2n) is 6.00. The summed E-state index contributed by atoms with van der Waals surface area (Å²) in [5.41, 5.74) is 2.41. The highest BCUT2D eigenvalue weighted by Crippen LogP contribution is 2.13. The van der Waals surface area contributed by atoms with Crippen molar-refractivity contribution in [1.82, 2.24) is 10.2 Å². The second kappa shape index (κ2) is 8.28. The molecule has 132 valence electrons. The van der Waals surface area contributed by atoms with E-state index >= 15 is 0 Å². The summed E-state index contributed by atoms with van der Waals surface area (Å²) in [6, 6.07) is 13.1. The highest BCUT2D eigenvalue weighted by Gasteiger charge is 2.12. The van der Waals surface area contributed by atoms with Gasteiger partial charge in [0.2, 0.25) is 5.91 Å². The zero-order valence-electron chi connectivity index (χ0n) is 14.6. The van der Waals surface area contributed by atoms with Gasteiger partial charge in [0, 0.05) is 38.9 Å². The van der Waals surface area contributed by atoms with Gasteiger partial charge in [0.1, 0.15) is 5.82 Å². The second-order valence-corrected chi connectivity index (χ2v) is 6.00. The van der Waals surface area contributed by atoms with E-state index in [1.807, 2.05) is 43.3 Å². The lowest BCUT2D eigenvalue weighted by molar-refractivity contribution is -0.129. The lowest BCUT2D eigenvalue weighted by atomic mass is 10.2. The Balaban J connectivity index is 1.85. The minimum atomic E-state index is -0.410. The Morgan fingerprint density at radius 3 is 2.12 bits per heavy atom. The fourth-order valence-corrected chi connectivity index (χ4v) is 2.26. The molecule has 5 nitrogen and oxygen atoms in total. The van der Waals surface area contributed by atoms with Crippen LogP contribution in [0.25, 0.3) is 0 Å². The van der Waals surface area contributed by atoms with Crippen molar-refractivity contribution in [3.05, 3.63) is 65.5 Å². The minimum Gasteiger partial charge on any atom is -0.378 e. The van der Waals surface area contributed by atoms with Crippen LogP contribution in [0.1, 0.15) is 15.9 Å². The predicted octanol–water partition coefficient (Wildman–Crippen LogP) is 2.28. The zero-order valence-corrected chi connectivity index (χ0v) is 14.6. The maximum atomic E-state index is 12.9. The third kappa shape index (κ3) is 5.31. The number of amides is 2. The summed E-state index contributed by atoms with van der Waals surface area (Å²) in [6.45, 7) is 0.349. The standard InChI is InChI=1S/C19H22FN3O2/c1-22(2)17-10-4-14(5-11-17)13-23(3)18(24)12-21-19(25)15-6-8-16(20)9-7-15/h4-11H,12-13H2,1-3H3,(H,21,25). The Hall–Kier alpha value is -2.89. The van der Waals surface area contributed by atoms with Crippen LogP contribution in [0.3, 0.4) is 0 Å². The van der Waals surface area contributed by atoms with Crippen molar-refractivity contribution in [3.63, 3.8) is 0 Å². The SMILES string of the molecule is CN(Cc1ccc(N(C)C)cc1)C(=O)CNC(=O)c1ccc(F)cc1. The van der Waals surface area contributed by atoms with Crippen LogP contribution in [-0.4, -0.2) is 44.4 Å². The Kier molecular flexibility index (Phi) is 6.11. The Labute approximate surface area is 147 Å². The number of likely N-dealkylation sites (N-methyl/N-ethyl adjacent to an activating group) is 1. The van der Waals surface area contributed by atoms with Gasteiger partial charge in [-0.15, -0.1) is 0 Å². The molecule has 0 spiro atoms. The Morgan fingerprint density at radius 2 is 1.56 bits per heavy atom. The molecule has 0 aliphatic heterocycles. The molecule has 0 atom stereocenters. The number of halogens is 1. The van der Waals surface area contributed by atoms with E-state index < -0.39 is 11.7 Å². The first kappa shape index (κ1) is 18.4. The summed E-state index contributed by atoms with van der Waals surface area (Å²) in [7, 11) is 5.62. The fourth-order valence-electron chi connectivity index (χ4n) is 2.26. The number of anilines is 1. The third-order valence-corrected chi connectivity index (χ3v) is 3.80. The predicted molar refractivity (Wildman–Crippen MR) is 96.0 cm³/mol. The number of hydrogen-bond acceptors (Lipinski definition) is 3. The van der Waals surface area contributed by atoms with Crippen molar-refractivity contribution in [2.45, 2.75) is 6.54 Å². The number of benzene rings is 2. The van der Waals surface area contributed by atoms with Crippen LogP contribution in [-0.2, 0) is 11.3 Å². The lowest BCUT2D eigenvalue weighted by Crippen LogP contribution is -2.37. The summed E-state index contributed by atoms with van der Waals surface area (Å²) >= 11 is 0. The van der Waals surface area contributed by atoms with Gasteiger partial charge in [-0.2, -0.15) is 0 Å². The summed E-state index contributed by atoms with van der Waals surface area (Å²) < 4.78 is 12.9. The van der Waals surface area contributed by atoms with Gasteiger partial charge in [-0.1, -0.05) is 12.1 Å². The molecule has 0 fully saturated rings. The molecule has 2 aromatic carbocycles. The Bertz CT molecular complexity index is 727. The van der Waals surface area contributed by atoms with Crippen LogP contribution in [0.15, 0.2) is 48.5 Å². The maximum absolute atomic E-state index is 12.9. The van der Waals surface area contributed by atoms with E-state index in [1.54, 1.807) is 11.9 Å². The molecule has 0 radical (unpaired) electrons. The number of nitrogens with one attached hydrogen (secondary N) is 1. The average molecular weight is 343 g/mol. The smallest absolute Gasteiger partial charge is 0.251 e. The number of carbonyl (C=O) groups excluding carboxylic acids is 2. The largest absolute Gasteiger partial charge is 0.378 e. The third-order valence-electron chi connectivity index (χ3n) is 3.80. The molecular weight excluding hydrogens is 321 g/mol. The molecule has 0 saturated heterocycles. The van der Waals surface area contributed by atoms with Crippen molar-refractivity contribution in [2.24, 2.45) is 0 Å². The lowest BCUT2D eigenvalue weighted by Gasteiger charge is -2.18. The highest BCUT2D eigenvalue weighted by atomic mass is 19.1. The van der Waals surface area contributed by atoms with E-state index in [1.165, 1.54) is 24.3 Å². The van der Waals surface area contributed by atoms with Gasteiger partial charge in [0.05, 0.1) is 6.54 Å². The van der Waals surface area contributed by atoms with Crippen LogP contribution in [0.5, 0.6) is 0 Å². The summed E-state index contributed by atoms with van der Waals surface area (Å²) in [6.07, 6.45) is 0. The molecule has 6 heteroatoms. The quantitative estimate of drug-likeness (QED) is 0.875. The molecule has 0 heterocycles. The molecule has 2 rings (SSSR count). The fraction of sp³-hybridized carbons (Fsp3) is 0.263. The van der Waals surface area contributed by atoms with Gasteiger partial charge in [-0.05, 0) is 42.0 Å². The first-order valence-corrected chi connectivity index (χ1v) is 7.91. The van der Waals surface area contributed by atoms with Crippen LogP contribution in [0.2, 0.25) is 0 Å². The van der Waals surface area contributed by atoms with E-state index in [4.69, 9.17) is 0 Å². The van der Waals surface area contributed by atoms with Crippen LogP contribution in [0.4, 0.5) is 10.1 Å². The number of hydrogen-bond donors (Lipinski definition) is 1. The monoisotopic (exact) mass is 343 g/mol. The maximum Gasteiger partial charge on any atom is 0.251 e. The average Bonchev–Trinajstić information content (AvgIpc) is 2.60. The normalized spacial score (nSPS) is 10.2. The molecule has 1 N–H and O–H groups in total. The zero-order chi connectivity index (χ0) is 18.4. The molecule has 0 bridgehead atoms. The van der Waals surface area contributed by atoms with Crippen molar-refractivity contribution < 1.29 is 14.0 Å².